The summed E-state index contributed by atoms with van der Waals surface area (Å²) in [6.45, 7) is 5.86. The first-order chi connectivity index (χ1) is 10.8. The van der Waals surface area contributed by atoms with Gasteiger partial charge < -0.3 is 19.4 Å². The highest BCUT2D eigenvalue weighted by molar-refractivity contribution is 5.88. The van der Waals surface area contributed by atoms with Gasteiger partial charge >= 0.3 is 0 Å². The average molecular weight is 318 g/mol. The van der Waals surface area contributed by atoms with Crippen molar-refractivity contribution in [3.8, 4) is 5.75 Å². The Balaban J connectivity index is 1.98. The van der Waals surface area contributed by atoms with Crippen LogP contribution >= 0.6 is 0 Å². The van der Waals surface area contributed by atoms with Gasteiger partial charge in [0.2, 0.25) is 5.91 Å². The van der Waals surface area contributed by atoms with E-state index in [0.29, 0.717) is 13.0 Å². The number of ether oxygens (including phenoxy) is 1. The third kappa shape index (κ3) is 4.73. The van der Waals surface area contributed by atoms with Crippen LogP contribution in [-0.2, 0) is 11.2 Å². The van der Waals surface area contributed by atoms with Gasteiger partial charge in [0.15, 0.2) is 0 Å². The highest BCUT2D eigenvalue weighted by Gasteiger charge is 2.20. The lowest BCUT2D eigenvalue weighted by atomic mass is 9.93. The molecule has 1 N–H and O–H groups in total. The fourth-order valence-corrected chi connectivity index (χ4v) is 2.81. The molecule has 5 heteroatoms. The van der Waals surface area contributed by atoms with Crippen molar-refractivity contribution in [2.45, 2.75) is 20.3 Å². The molecule has 0 saturated heterocycles. The van der Waals surface area contributed by atoms with E-state index in [0.717, 1.165) is 28.8 Å². The number of benzene rings is 1. The van der Waals surface area contributed by atoms with Gasteiger partial charge in [-0.3, -0.25) is 4.79 Å². The number of nitrogens with one attached hydrogen (secondary N) is 1. The number of furan rings is 1. The van der Waals surface area contributed by atoms with Crippen molar-refractivity contribution in [3.05, 3.63) is 30.0 Å². The third-order valence-corrected chi connectivity index (χ3v) is 3.72. The van der Waals surface area contributed by atoms with Crippen LogP contribution in [0.3, 0.4) is 0 Å². The molecule has 2 rings (SSSR count). The maximum Gasteiger partial charge on any atom is 0.224 e. The number of nitrogens with zero attached hydrogens (tertiary/aromatic N) is 1. The molecule has 1 amide bonds. The molecule has 0 aliphatic rings. The first-order valence-electron chi connectivity index (χ1n) is 7.76. The molecule has 0 spiro atoms. The van der Waals surface area contributed by atoms with Crippen LogP contribution in [0.25, 0.3) is 11.0 Å². The van der Waals surface area contributed by atoms with E-state index >= 15 is 0 Å². The summed E-state index contributed by atoms with van der Waals surface area (Å²) >= 11 is 0. The maximum atomic E-state index is 12.2. The molecule has 0 unspecified atom stereocenters. The van der Waals surface area contributed by atoms with Crippen LogP contribution in [0.1, 0.15) is 19.4 Å². The largest absolute Gasteiger partial charge is 0.497 e. The van der Waals surface area contributed by atoms with Crippen molar-refractivity contribution in [1.29, 1.82) is 0 Å². The second-order valence-electron chi connectivity index (χ2n) is 6.98. The van der Waals surface area contributed by atoms with Crippen molar-refractivity contribution in [2.75, 3.05) is 34.3 Å². The second-order valence-corrected chi connectivity index (χ2v) is 6.98. The van der Waals surface area contributed by atoms with E-state index in [1.807, 2.05) is 32.3 Å². The molecule has 2 aromatic rings. The summed E-state index contributed by atoms with van der Waals surface area (Å²) < 4.78 is 10.7. The summed E-state index contributed by atoms with van der Waals surface area (Å²) in [7, 11) is 5.69. The van der Waals surface area contributed by atoms with E-state index in [1.54, 1.807) is 13.4 Å². The predicted molar refractivity (Wildman–Crippen MR) is 91.8 cm³/mol. The van der Waals surface area contributed by atoms with Gasteiger partial charge in [-0.1, -0.05) is 13.8 Å². The molecule has 1 aromatic heterocycles. The molecule has 23 heavy (non-hydrogen) atoms. The van der Waals surface area contributed by atoms with Crippen molar-refractivity contribution >= 4 is 16.9 Å². The second kappa shape index (κ2) is 7.04. The number of amides is 1. The number of hydrogen-bond donors (Lipinski definition) is 1. The smallest absolute Gasteiger partial charge is 0.224 e. The van der Waals surface area contributed by atoms with Crippen LogP contribution in [-0.4, -0.2) is 45.1 Å². The molecule has 0 radical (unpaired) electrons. The third-order valence-electron chi connectivity index (χ3n) is 3.72. The number of rotatable bonds is 7. The van der Waals surface area contributed by atoms with Crippen LogP contribution in [0.4, 0.5) is 0 Å². The summed E-state index contributed by atoms with van der Waals surface area (Å²) in [4.78, 5) is 14.3. The van der Waals surface area contributed by atoms with Gasteiger partial charge in [-0.15, -0.1) is 0 Å². The molecule has 0 fully saturated rings. The Morgan fingerprint density at radius 1 is 1.35 bits per heavy atom. The Hall–Kier alpha value is -2.01. The average Bonchev–Trinajstić information content (AvgIpc) is 2.86. The number of hydrogen-bond acceptors (Lipinski definition) is 4. The van der Waals surface area contributed by atoms with Crippen LogP contribution in [0.2, 0.25) is 0 Å². The highest BCUT2D eigenvalue weighted by Crippen LogP contribution is 2.26. The maximum absolute atomic E-state index is 12.2. The van der Waals surface area contributed by atoms with Gasteiger partial charge in [0.05, 0.1) is 19.8 Å². The molecular weight excluding hydrogens is 292 g/mol. The molecule has 0 aliphatic heterocycles. The Bertz CT molecular complexity index is 674. The Labute approximate surface area is 137 Å². The Kier molecular flexibility index (Phi) is 5.31. The Morgan fingerprint density at radius 3 is 2.74 bits per heavy atom. The minimum atomic E-state index is 0.00958. The fourth-order valence-electron chi connectivity index (χ4n) is 2.81. The molecule has 0 bridgehead atoms. The lowest BCUT2D eigenvalue weighted by molar-refractivity contribution is -0.120. The molecule has 126 valence electrons. The summed E-state index contributed by atoms with van der Waals surface area (Å²) in [6.07, 6.45) is 1.96. The minimum Gasteiger partial charge on any atom is -0.497 e. The number of methoxy groups -OCH3 is 1. The van der Waals surface area contributed by atoms with E-state index in [4.69, 9.17) is 9.15 Å². The SMILES string of the molecule is COc1ccc2c(CC(=O)NCC(C)(C)CN(C)C)coc2c1. The van der Waals surface area contributed by atoms with Gasteiger partial charge in [0.25, 0.3) is 0 Å². The first kappa shape index (κ1) is 17.3. The van der Waals surface area contributed by atoms with Gasteiger partial charge in [0.1, 0.15) is 11.3 Å². The molecule has 1 aromatic carbocycles. The molecule has 0 aliphatic carbocycles. The lowest BCUT2D eigenvalue weighted by Gasteiger charge is -2.28. The topological polar surface area (TPSA) is 54.7 Å². The van der Waals surface area contributed by atoms with E-state index in [1.165, 1.54) is 0 Å². The van der Waals surface area contributed by atoms with Gasteiger partial charge in [0, 0.05) is 30.1 Å². The predicted octanol–water partition coefficient (Wildman–Crippen LogP) is 2.69. The van der Waals surface area contributed by atoms with Gasteiger partial charge in [-0.2, -0.15) is 0 Å². The summed E-state index contributed by atoms with van der Waals surface area (Å²) in [5, 5.41) is 3.97. The first-order valence-corrected chi connectivity index (χ1v) is 7.76. The van der Waals surface area contributed by atoms with Gasteiger partial charge in [-0.05, 0) is 31.6 Å². The van der Waals surface area contributed by atoms with E-state index in [9.17, 15) is 4.79 Å². The fraction of sp³-hybridized carbons (Fsp3) is 0.500. The Morgan fingerprint density at radius 2 is 2.09 bits per heavy atom. The standard InChI is InChI=1S/C18H26N2O3/c1-18(2,12-20(3)4)11-19-17(21)8-13-10-23-16-9-14(22-5)6-7-15(13)16/h6-7,9-10H,8,11-12H2,1-5H3,(H,19,21). The van der Waals surface area contributed by atoms with E-state index in [2.05, 4.69) is 24.1 Å². The molecule has 0 atom stereocenters. The van der Waals surface area contributed by atoms with Crippen LogP contribution in [0.5, 0.6) is 5.75 Å². The number of carbonyl (C=O) groups excluding carboxylic acids is 1. The summed E-state index contributed by atoms with van der Waals surface area (Å²) in [5.41, 5.74) is 1.66. The molecular formula is C18H26N2O3. The van der Waals surface area contributed by atoms with Crippen molar-refractivity contribution in [1.82, 2.24) is 10.2 Å². The zero-order valence-electron chi connectivity index (χ0n) is 14.6. The normalized spacial score (nSPS) is 11.9. The highest BCUT2D eigenvalue weighted by atomic mass is 16.5. The van der Waals surface area contributed by atoms with Crippen molar-refractivity contribution < 1.29 is 13.9 Å². The zero-order valence-corrected chi connectivity index (χ0v) is 14.6. The monoisotopic (exact) mass is 318 g/mol. The quantitative estimate of drug-likeness (QED) is 0.853. The number of carbonyl (C=O) groups is 1. The molecule has 0 saturated carbocycles. The van der Waals surface area contributed by atoms with Crippen LogP contribution in [0, 0.1) is 5.41 Å². The number of fused-ring (bicyclic) bond motifs is 1. The van der Waals surface area contributed by atoms with Gasteiger partial charge in [-0.25, -0.2) is 0 Å². The molecule has 1 heterocycles. The molecule has 5 nitrogen and oxygen atoms in total. The van der Waals surface area contributed by atoms with E-state index in [-0.39, 0.29) is 11.3 Å². The lowest BCUT2D eigenvalue weighted by Crippen LogP contribution is -2.40. The van der Waals surface area contributed by atoms with Crippen LogP contribution in [0.15, 0.2) is 28.9 Å². The van der Waals surface area contributed by atoms with Crippen molar-refractivity contribution in [3.63, 3.8) is 0 Å². The van der Waals surface area contributed by atoms with E-state index < -0.39 is 0 Å². The minimum absolute atomic E-state index is 0.00958. The summed E-state index contributed by atoms with van der Waals surface area (Å²) in [6, 6.07) is 5.63. The zero-order chi connectivity index (χ0) is 17.0. The summed E-state index contributed by atoms with van der Waals surface area (Å²) in [5.74, 6) is 0.753. The van der Waals surface area contributed by atoms with Crippen molar-refractivity contribution in [2.24, 2.45) is 5.41 Å². The van der Waals surface area contributed by atoms with Crippen LogP contribution < -0.4 is 10.1 Å².